The van der Waals surface area contributed by atoms with Crippen molar-refractivity contribution in [2.75, 3.05) is 51.3 Å². The third-order valence-electron chi connectivity index (χ3n) is 10.5. The highest BCUT2D eigenvalue weighted by Gasteiger charge is 2.44. The Hall–Kier alpha value is -2.69. The molecular weight excluding hydrogens is 510 g/mol. The number of nitrogens with zero attached hydrogens (tertiary/aromatic N) is 3. The van der Waals surface area contributed by atoms with Crippen molar-refractivity contribution >= 4 is 23.4 Å². The predicted octanol–water partition coefficient (Wildman–Crippen LogP) is 1.66. The van der Waals surface area contributed by atoms with E-state index in [1.807, 2.05) is 12.1 Å². The summed E-state index contributed by atoms with van der Waals surface area (Å²) in [5.41, 5.74) is 3.00. The maximum Gasteiger partial charge on any atom is 0.255 e. The molecule has 0 aromatic heterocycles. The third kappa shape index (κ3) is 4.58. The molecule has 1 spiro atoms. The zero-order chi connectivity index (χ0) is 27.4. The Balaban J connectivity index is 0.924. The molecule has 1 aromatic rings. The number of nitrogens with one attached hydrogen (secondary N) is 2. The van der Waals surface area contributed by atoms with Crippen LogP contribution in [0.15, 0.2) is 12.1 Å². The van der Waals surface area contributed by atoms with Crippen molar-refractivity contribution in [3.63, 3.8) is 0 Å². The quantitative estimate of drug-likeness (QED) is 0.515. The number of methoxy groups -OCH3 is 1. The molecule has 1 aromatic carbocycles. The van der Waals surface area contributed by atoms with Gasteiger partial charge in [0.25, 0.3) is 5.91 Å². The first-order chi connectivity index (χ1) is 19.4. The van der Waals surface area contributed by atoms with E-state index < -0.39 is 11.9 Å². The average Bonchev–Trinajstić information content (AvgIpc) is 3.25. The molecule has 0 radical (unpaired) electrons. The summed E-state index contributed by atoms with van der Waals surface area (Å²) in [6, 6.07) is 3.91. The Morgan fingerprint density at radius 3 is 2.35 bits per heavy atom. The number of imide groups is 1. The van der Waals surface area contributed by atoms with Crippen LogP contribution in [0.5, 0.6) is 5.75 Å². The van der Waals surface area contributed by atoms with Gasteiger partial charge in [-0.1, -0.05) is 0 Å². The fourth-order valence-electron chi connectivity index (χ4n) is 7.73. The Morgan fingerprint density at radius 1 is 0.950 bits per heavy atom. The van der Waals surface area contributed by atoms with Gasteiger partial charge in [-0.25, -0.2) is 0 Å². The van der Waals surface area contributed by atoms with Crippen LogP contribution in [0.3, 0.4) is 0 Å². The van der Waals surface area contributed by atoms with Crippen molar-refractivity contribution in [2.24, 2.45) is 5.41 Å². The third-order valence-corrected chi connectivity index (χ3v) is 10.5. The van der Waals surface area contributed by atoms with E-state index in [0.29, 0.717) is 41.8 Å². The van der Waals surface area contributed by atoms with Crippen molar-refractivity contribution in [1.82, 2.24) is 20.4 Å². The summed E-state index contributed by atoms with van der Waals surface area (Å²) < 4.78 is 12.4. The standard InChI is InChI=1S/C30H41N5O5/c1-39-27-23-16-35(25-4-5-26(36)32-28(25)37)29(38)22(23)2-3-24(27)34-10-6-20(7-11-34)40-21-14-19(15-21)33-12-8-30(9-13-33)17-31-18-30/h2-3,19-21,25,31H,4-18H2,1H3,(H,32,36,37). The molecule has 1 atom stereocenters. The lowest BCUT2D eigenvalue weighted by molar-refractivity contribution is -0.136. The van der Waals surface area contributed by atoms with Crippen molar-refractivity contribution in [3.8, 4) is 5.75 Å². The number of piperidine rings is 3. The molecule has 5 fully saturated rings. The van der Waals surface area contributed by atoms with Crippen LogP contribution in [-0.4, -0.2) is 98.2 Å². The lowest BCUT2D eigenvalue weighted by Crippen LogP contribution is -2.61. The number of hydrogen-bond donors (Lipinski definition) is 2. The molecule has 6 aliphatic rings. The first-order valence-electron chi connectivity index (χ1n) is 15.1. The van der Waals surface area contributed by atoms with E-state index >= 15 is 0 Å². The average molecular weight is 552 g/mol. The molecule has 3 amide bonds. The highest BCUT2D eigenvalue weighted by atomic mass is 16.5. The molecule has 0 bridgehead atoms. The Labute approximate surface area is 235 Å². The summed E-state index contributed by atoms with van der Waals surface area (Å²) in [5.74, 6) is -0.143. The van der Waals surface area contributed by atoms with Gasteiger partial charge >= 0.3 is 0 Å². The highest BCUT2D eigenvalue weighted by molar-refractivity contribution is 6.06. The number of anilines is 1. The normalized spacial score (nSPS) is 30.6. The van der Waals surface area contributed by atoms with Gasteiger partial charge in [0.15, 0.2) is 0 Å². The van der Waals surface area contributed by atoms with Gasteiger partial charge in [0.05, 0.1) is 31.5 Å². The fraction of sp³-hybridized carbons (Fsp3) is 0.700. The van der Waals surface area contributed by atoms with E-state index in [1.54, 1.807) is 12.0 Å². The Bertz CT molecular complexity index is 1180. The summed E-state index contributed by atoms with van der Waals surface area (Å²) in [4.78, 5) is 43.9. The van der Waals surface area contributed by atoms with Crippen LogP contribution in [0.1, 0.15) is 67.3 Å². The second-order valence-corrected chi connectivity index (χ2v) is 12.8. The molecule has 40 heavy (non-hydrogen) atoms. The van der Waals surface area contributed by atoms with Gasteiger partial charge in [-0.05, 0) is 75.6 Å². The minimum atomic E-state index is -0.628. The second-order valence-electron chi connectivity index (χ2n) is 12.8. The van der Waals surface area contributed by atoms with Gasteiger partial charge < -0.3 is 29.5 Å². The number of fused-ring (bicyclic) bond motifs is 1. The van der Waals surface area contributed by atoms with Crippen LogP contribution >= 0.6 is 0 Å². The zero-order valence-electron chi connectivity index (χ0n) is 23.5. The Morgan fingerprint density at radius 2 is 1.70 bits per heavy atom. The smallest absolute Gasteiger partial charge is 0.255 e. The van der Waals surface area contributed by atoms with E-state index in [1.165, 1.54) is 51.9 Å². The lowest BCUT2D eigenvalue weighted by Gasteiger charge is -2.52. The van der Waals surface area contributed by atoms with E-state index in [4.69, 9.17) is 9.47 Å². The van der Waals surface area contributed by atoms with E-state index in [0.717, 1.165) is 37.2 Å². The van der Waals surface area contributed by atoms with Crippen LogP contribution in [0.4, 0.5) is 5.69 Å². The van der Waals surface area contributed by atoms with Gasteiger partial charge in [-0.15, -0.1) is 0 Å². The van der Waals surface area contributed by atoms with E-state index in [-0.39, 0.29) is 24.3 Å². The summed E-state index contributed by atoms with van der Waals surface area (Å²) in [7, 11) is 1.65. The molecule has 5 aliphatic heterocycles. The summed E-state index contributed by atoms with van der Waals surface area (Å²) in [5, 5.41) is 5.83. The maximum absolute atomic E-state index is 13.2. The molecule has 216 valence electrons. The largest absolute Gasteiger partial charge is 0.494 e. The molecule has 1 unspecified atom stereocenters. The second kappa shape index (κ2) is 10.3. The SMILES string of the molecule is COc1c(N2CCC(OC3CC(N4CCC5(CC4)CNC5)C3)CC2)ccc2c1CN(C1CCC(=O)NC1=O)C2=O. The van der Waals surface area contributed by atoms with Crippen molar-refractivity contribution < 1.29 is 23.9 Å². The molecule has 1 aliphatic carbocycles. The zero-order valence-corrected chi connectivity index (χ0v) is 23.5. The summed E-state index contributed by atoms with van der Waals surface area (Å²) >= 11 is 0. The van der Waals surface area contributed by atoms with Crippen LogP contribution in [-0.2, 0) is 20.9 Å². The van der Waals surface area contributed by atoms with Gasteiger partial charge in [-0.2, -0.15) is 0 Å². The van der Waals surface area contributed by atoms with E-state index in [9.17, 15) is 14.4 Å². The fourth-order valence-corrected chi connectivity index (χ4v) is 7.73. The van der Waals surface area contributed by atoms with Crippen molar-refractivity contribution in [3.05, 3.63) is 23.3 Å². The molecule has 1 saturated carbocycles. The summed E-state index contributed by atoms with van der Waals surface area (Å²) in [6.07, 6.45) is 8.25. The van der Waals surface area contributed by atoms with Crippen LogP contribution in [0, 0.1) is 5.41 Å². The van der Waals surface area contributed by atoms with Crippen LogP contribution in [0.25, 0.3) is 0 Å². The van der Waals surface area contributed by atoms with Gasteiger partial charge in [0.1, 0.15) is 11.8 Å². The molecule has 2 N–H and O–H groups in total. The number of carbonyl (C=O) groups excluding carboxylic acids is 3. The number of rotatable bonds is 6. The van der Waals surface area contributed by atoms with Crippen molar-refractivity contribution in [1.29, 1.82) is 0 Å². The number of benzene rings is 1. The number of hydrogen-bond acceptors (Lipinski definition) is 8. The lowest BCUT2D eigenvalue weighted by atomic mass is 9.72. The number of likely N-dealkylation sites (tertiary alicyclic amines) is 1. The summed E-state index contributed by atoms with van der Waals surface area (Å²) in [6.45, 7) is 6.99. The van der Waals surface area contributed by atoms with Gasteiger partial charge in [0, 0.05) is 49.8 Å². The molecule has 10 nitrogen and oxygen atoms in total. The number of amides is 3. The first kappa shape index (κ1) is 26.2. The van der Waals surface area contributed by atoms with Crippen LogP contribution in [0.2, 0.25) is 0 Å². The first-order valence-corrected chi connectivity index (χ1v) is 15.1. The minimum absolute atomic E-state index is 0.177. The maximum atomic E-state index is 13.2. The monoisotopic (exact) mass is 551 g/mol. The van der Waals surface area contributed by atoms with Crippen molar-refractivity contribution in [2.45, 2.75) is 82.2 Å². The van der Waals surface area contributed by atoms with Gasteiger partial charge in [-0.3, -0.25) is 19.7 Å². The Kier molecular flexibility index (Phi) is 6.75. The van der Waals surface area contributed by atoms with E-state index in [2.05, 4.69) is 20.4 Å². The topological polar surface area (TPSA) is 103 Å². The highest BCUT2D eigenvalue weighted by Crippen LogP contribution is 2.42. The van der Waals surface area contributed by atoms with Crippen LogP contribution < -0.4 is 20.3 Å². The predicted molar refractivity (Wildman–Crippen MR) is 148 cm³/mol. The number of ether oxygens (including phenoxy) is 2. The molecular formula is C30H41N5O5. The molecule has 7 rings (SSSR count). The molecule has 5 heterocycles. The molecule has 4 saturated heterocycles. The van der Waals surface area contributed by atoms with Gasteiger partial charge in [0.2, 0.25) is 11.8 Å². The minimum Gasteiger partial charge on any atom is -0.494 e. The number of carbonyl (C=O) groups is 3. The molecule has 10 heteroatoms.